The quantitative estimate of drug-likeness (QED) is 0.254. The molecule has 0 aliphatic rings. The zero-order valence-corrected chi connectivity index (χ0v) is 5.76. The normalized spacial score (nSPS) is 6.44. The fourth-order valence-electron chi connectivity index (χ4n) is 0.0304. The molecule has 54 valence electrons. The van der Waals surface area contributed by atoms with Gasteiger partial charge in [0.05, 0.1) is 0 Å². The van der Waals surface area contributed by atoms with Crippen LogP contribution in [-0.2, 0) is 9.63 Å². The van der Waals surface area contributed by atoms with Gasteiger partial charge < -0.3 is 10.2 Å². The molecule has 0 fully saturated rings. The van der Waals surface area contributed by atoms with E-state index in [-0.39, 0.29) is 6.47 Å². The van der Waals surface area contributed by atoms with Crippen LogP contribution < -0.4 is 5.32 Å². The molecular weight excluding hydrogens is 120 g/mol. The molecule has 1 N–H and O–H groups in total. The van der Waals surface area contributed by atoms with Crippen LogP contribution in [0.5, 0.6) is 0 Å². The second-order valence-corrected chi connectivity index (χ2v) is 1.04. The minimum Gasteiger partial charge on any atom is -0.322 e. The van der Waals surface area contributed by atoms with Gasteiger partial charge in [0.25, 0.3) is 0 Å². The van der Waals surface area contributed by atoms with Crippen molar-refractivity contribution < 1.29 is 9.63 Å². The summed E-state index contributed by atoms with van der Waals surface area (Å²) in [7, 11) is 1.93. The third-order valence-electron chi connectivity index (χ3n) is 0.471. The van der Waals surface area contributed by atoms with Crippen molar-refractivity contribution in [2.75, 3.05) is 13.6 Å². The minimum atomic E-state index is 0.201. The van der Waals surface area contributed by atoms with Crippen molar-refractivity contribution in [3.05, 3.63) is 0 Å². The van der Waals surface area contributed by atoms with E-state index in [2.05, 4.69) is 29.0 Å². The number of carbonyl (C=O) groups excluding carboxylic acids is 1. The number of oxime groups is 1. The number of nitrogens with one attached hydrogen (secondary N) is 1. The van der Waals surface area contributed by atoms with E-state index < -0.39 is 0 Å². The van der Waals surface area contributed by atoms with Crippen LogP contribution in [0.1, 0.15) is 6.92 Å². The molecule has 0 aromatic carbocycles. The lowest BCUT2D eigenvalue weighted by Crippen LogP contribution is -2.01. The third kappa shape index (κ3) is 41.9. The molecule has 0 spiro atoms. The molecule has 0 heterocycles. The van der Waals surface area contributed by atoms with Crippen LogP contribution in [-0.4, -0.2) is 26.8 Å². The van der Waals surface area contributed by atoms with Crippen LogP contribution in [0, 0.1) is 0 Å². The van der Waals surface area contributed by atoms with Crippen LogP contribution in [0.15, 0.2) is 5.16 Å². The molecule has 0 aromatic rings. The van der Waals surface area contributed by atoms with Gasteiger partial charge in [0.2, 0.25) is 0 Å². The molecule has 0 unspecified atom stereocenters. The van der Waals surface area contributed by atoms with Gasteiger partial charge in [0.15, 0.2) is 0 Å². The summed E-state index contributed by atoms with van der Waals surface area (Å²) in [6.45, 7) is 6.19. The lowest BCUT2D eigenvalue weighted by atomic mass is 10.8. The average Bonchev–Trinajstić information content (AvgIpc) is 1.91. The topological polar surface area (TPSA) is 50.7 Å². The Bertz CT molecular complexity index is 58.0. The van der Waals surface area contributed by atoms with Gasteiger partial charge >= 0.3 is 6.47 Å². The van der Waals surface area contributed by atoms with Gasteiger partial charge in [-0.2, -0.15) is 0 Å². The highest BCUT2D eigenvalue weighted by Crippen LogP contribution is 1.53. The molecule has 0 saturated carbocycles. The molecule has 4 heteroatoms. The Morgan fingerprint density at radius 3 is 2.33 bits per heavy atom. The van der Waals surface area contributed by atoms with E-state index in [0.29, 0.717) is 0 Å². The van der Waals surface area contributed by atoms with Crippen molar-refractivity contribution in [1.82, 2.24) is 5.32 Å². The molecule has 0 radical (unpaired) electrons. The Balaban J connectivity index is 0. The molecule has 0 aliphatic carbocycles. The second kappa shape index (κ2) is 15.7. The van der Waals surface area contributed by atoms with Crippen molar-refractivity contribution >= 4 is 13.2 Å². The molecule has 0 aromatic heterocycles. The highest BCUT2D eigenvalue weighted by atomic mass is 16.7. The third-order valence-corrected chi connectivity index (χ3v) is 0.471. The van der Waals surface area contributed by atoms with E-state index in [1.807, 2.05) is 7.05 Å². The van der Waals surface area contributed by atoms with Crippen LogP contribution >= 0.6 is 0 Å². The van der Waals surface area contributed by atoms with Crippen molar-refractivity contribution in [2.45, 2.75) is 6.92 Å². The van der Waals surface area contributed by atoms with Gasteiger partial charge in [-0.05, 0) is 13.6 Å². The van der Waals surface area contributed by atoms with Crippen molar-refractivity contribution in [1.29, 1.82) is 0 Å². The first-order valence-electron chi connectivity index (χ1n) is 2.53. The number of rotatable bonds is 3. The predicted molar refractivity (Wildman–Crippen MR) is 36.3 cm³/mol. The van der Waals surface area contributed by atoms with Crippen LogP contribution in [0.25, 0.3) is 0 Å². The molecular formula is C5H12N2O2. The molecule has 0 amide bonds. The number of hydrogen-bond acceptors (Lipinski definition) is 4. The molecule has 4 nitrogen and oxygen atoms in total. The number of hydrogen-bond donors (Lipinski definition) is 1. The molecule has 0 bridgehead atoms. The molecule has 0 rings (SSSR count). The summed E-state index contributed by atoms with van der Waals surface area (Å²) < 4.78 is 0. The zero-order chi connectivity index (χ0) is 7.54. The first-order chi connectivity index (χ1) is 4.33. The van der Waals surface area contributed by atoms with E-state index in [4.69, 9.17) is 4.79 Å². The average molecular weight is 132 g/mol. The van der Waals surface area contributed by atoms with Crippen molar-refractivity contribution in [2.24, 2.45) is 5.16 Å². The van der Waals surface area contributed by atoms with Crippen molar-refractivity contribution in [3.8, 4) is 0 Å². The summed E-state index contributed by atoms with van der Waals surface area (Å²) in [4.78, 5) is 12.7. The standard InChI is InChI=1S/C3H9N.C2H3NO2/c1-3-4-2;1-3-5-2-4/h4H,3H2,1-2H3;2H,1H2. The fourth-order valence-corrected chi connectivity index (χ4v) is 0.0304. The highest BCUT2D eigenvalue weighted by molar-refractivity contribution is 5.37. The highest BCUT2D eigenvalue weighted by Gasteiger charge is 1.53. The maximum absolute atomic E-state index is 9.05. The van der Waals surface area contributed by atoms with E-state index in [0.717, 1.165) is 6.54 Å². The zero-order valence-electron chi connectivity index (χ0n) is 5.76. The van der Waals surface area contributed by atoms with Crippen LogP contribution in [0.3, 0.4) is 0 Å². The van der Waals surface area contributed by atoms with Gasteiger partial charge in [0, 0.05) is 6.72 Å². The summed E-state index contributed by atoms with van der Waals surface area (Å²) in [5.74, 6) is 0. The van der Waals surface area contributed by atoms with E-state index in [9.17, 15) is 0 Å². The van der Waals surface area contributed by atoms with E-state index in [1.165, 1.54) is 0 Å². The van der Waals surface area contributed by atoms with Gasteiger partial charge in [0.1, 0.15) is 0 Å². The maximum Gasteiger partial charge on any atom is 0.323 e. The molecule has 9 heavy (non-hydrogen) atoms. The fraction of sp³-hybridized carbons (Fsp3) is 0.600. The maximum atomic E-state index is 9.05. The Labute approximate surface area is 54.9 Å². The summed E-state index contributed by atoms with van der Waals surface area (Å²) >= 11 is 0. The first kappa shape index (κ1) is 11.0. The molecule has 0 aliphatic heterocycles. The van der Waals surface area contributed by atoms with Crippen LogP contribution in [0.2, 0.25) is 0 Å². The Hall–Kier alpha value is -0.900. The lowest BCUT2D eigenvalue weighted by molar-refractivity contribution is -0.128. The van der Waals surface area contributed by atoms with E-state index in [1.54, 1.807) is 0 Å². The largest absolute Gasteiger partial charge is 0.323 e. The Morgan fingerprint density at radius 2 is 2.33 bits per heavy atom. The van der Waals surface area contributed by atoms with Gasteiger partial charge in [-0.15, -0.1) is 0 Å². The van der Waals surface area contributed by atoms with E-state index >= 15 is 0 Å². The van der Waals surface area contributed by atoms with Gasteiger partial charge in [-0.25, -0.2) is 0 Å². The monoisotopic (exact) mass is 132 g/mol. The Kier molecular flexibility index (Phi) is 19.2. The lowest BCUT2D eigenvalue weighted by Gasteiger charge is -1.76. The molecule has 0 saturated heterocycles. The van der Waals surface area contributed by atoms with Crippen LogP contribution in [0.4, 0.5) is 0 Å². The van der Waals surface area contributed by atoms with Gasteiger partial charge in [-0.3, -0.25) is 4.79 Å². The molecule has 0 atom stereocenters. The minimum absolute atomic E-state index is 0.201. The summed E-state index contributed by atoms with van der Waals surface area (Å²) in [6.07, 6.45) is 0. The number of nitrogens with zero attached hydrogens (tertiary/aromatic N) is 1. The number of carbonyl (C=O) groups is 1. The van der Waals surface area contributed by atoms with Crippen molar-refractivity contribution in [3.63, 3.8) is 0 Å². The second-order valence-electron chi connectivity index (χ2n) is 1.04. The summed E-state index contributed by atoms with van der Waals surface area (Å²) in [6, 6.07) is 0. The summed E-state index contributed by atoms with van der Waals surface area (Å²) in [5, 5.41) is 5.67. The first-order valence-corrected chi connectivity index (χ1v) is 2.53. The SMILES string of the molecule is C=NOC=O.CCNC. The predicted octanol–water partition coefficient (Wildman–Crippen LogP) is 0.000700. The Morgan fingerprint density at radius 1 is 1.89 bits per heavy atom. The smallest absolute Gasteiger partial charge is 0.322 e. The summed E-state index contributed by atoms with van der Waals surface area (Å²) in [5.41, 5.74) is 0. The van der Waals surface area contributed by atoms with Gasteiger partial charge in [-0.1, -0.05) is 12.1 Å².